The van der Waals surface area contributed by atoms with Crippen molar-refractivity contribution in [1.29, 1.82) is 0 Å². The molecule has 1 amide bonds. The van der Waals surface area contributed by atoms with Crippen LogP contribution in [0.2, 0.25) is 0 Å². The fourth-order valence-electron chi connectivity index (χ4n) is 4.42. The van der Waals surface area contributed by atoms with Crippen molar-refractivity contribution >= 4 is 34.3 Å². The van der Waals surface area contributed by atoms with Gasteiger partial charge in [-0.2, -0.15) is 0 Å². The number of aromatic nitrogens is 4. The van der Waals surface area contributed by atoms with E-state index in [9.17, 15) is 9.59 Å². The number of benzene rings is 2. The Hall–Kier alpha value is -3.39. The molecule has 1 unspecified atom stereocenters. The molecular weight excluding hydrogens is 422 g/mol. The minimum atomic E-state index is -0.129. The van der Waals surface area contributed by atoms with Gasteiger partial charge in [0, 0.05) is 13.1 Å². The lowest BCUT2D eigenvalue weighted by atomic mass is 10.0. The third-order valence-corrected chi connectivity index (χ3v) is 6.79. The molecule has 4 aromatic rings. The van der Waals surface area contributed by atoms with Crippen molar-refractivity contribution in [3.63, 3.8) is 0 Å². The number of amides is 1. The molecule has 0 saturated carbocycles. The first-order chi connectivity index (χ1) is 15.7. The molecule has 5 rings (SSSR count). The Morgan fingerprint density at radius 2 is 1.91 bits per heavy atom. The van der Waals surface area contributed by atoms with E-state index >= 15 is 0 Å². The molecule has 1 fully saturated rings. The van der Waals surface area contributed by atoms with Crippen molar-refractivity contribution < 1.29 is 4.79 Å². The lowest BCUT2D eigenvalue weighted by Crippen LogP contribution is -2.32. The van der Waals surface area contributed by atoms with Gasteiger partial charge in [0.05, 0.1) is 22.7 Å². The van der Waals surface area contributed by atoms with Gasteiger partial charge in [-0.25, -0.2) is 0 Å². The number of carbonyl (C=O) groups is 1. The molecule has 7 nitrogen and oxygen atoms in total. The van der Waals surface area contributed by atoms with Crippen molar-refractivity contribution in [1.82, 2.24) is 24.1 Å². The van der Waals surface area contributed by atoms with Gasteiger partial charge < -0.3 is 4.90 Å². The summed E-state index contributed by atoms with van der Waals surface area (Å²) in [5, 5.41) is 9.76. The maximum atomic E-state index is 13.1. The number of rotatable bonds is 6. The summed E-state index contributed by atoms with van der Waals surface area (Å²) in [5.74, 6) is 0.799. The van der Waals surface area contributed by atoms with Crippen LogP contribution in [0.15, 0.2) is 77.2 Å². The SMILES string of the molecule is C=CCn1c(=O)c2ccccc2n2c(SCC(=O)N3CCCC3c3ccccc3)nnc12. The summed E-state index contributed by atoms with van der Waals surface area (Å²) >= 11 is 1.35. The molecule has 0 N–H and O–H groups in total. The normalized spacial score (nSPS) is 16.1. The van der Waals surface area contributed by atoms with Crippen molar-refractivity contribution in [3.8, 4) is 0 Å². The number of carbonyl (C=O) groups excluding carboxylic acids is 1. The summed E-state index contributed by atoms with van der Waals surface area (Å²) in [4.78, 5) is 28.0. The Balaban J connectivity index is 1.46. The van der Waals surface area contributed by atoms with E-state index in [1.807, 2.05) is 45.7 Å². The highest BCUT2D eigenvalue weighted by Crippen LogP contribution is 2.33. The number of hydrogen-bond acceptors (Lipinski definition) is 5. The van der Waals surface area contributed by atoms with Crippen LogP contribution in [0.3, 0.4) is 0 Å². The minimum Gasteiger partial charge on any atom is -0.335 e. The Labute approximate surface area is 189 Å². The molecular formula is C24H23N5O2S. The van der Waals surface area contributed by atoms with E-state index in [1.54, 1.807) is 16.7 Å². The van der Waals surface area contributed by atoms with Crippen molar-refractivity contribution in [2.75, 3.05) is 12.3 Å². The van der Waals surface area contributed by atoms with Crippen LogP contribution in [0.4, 0.5) is 0 Å². The summed E-state index contributed by atoms with van der Waals surface area (Å²) in [5.41, 5.74) is 1.78. The van der Waals surface area contributed by atoms with Crippen LogP contribution in [0, 0.1) is 0 Å². The molecule has 0 spiro atoms. The molecule has 2 aromatic heterocycles. The third kappa shape index (κ3) is 3.50. The Kier molecular flexibility index (Phi) is 5.53. The number of fused-ring (bicyclic) bond motifs is 3. The maximum absolute atomic E-state index is 13.1. The molecule has 1 aliphatic heterocycles. The van der Waals surface area contributed by atoms with Gasteiger partial charge in [-0.3, -0.25) is 18.6 Å². The van der Waals surface area contributed by atoms with E-state index < -0.39 is 0 Å². The zero-order valence-corrected chi connectivity index (χ0v) is 18.4. The van der Waals surface area contributed by atoms with Crippen LogP contribution in [0.1, 0.15) is 24.4 Å². The van der Waals surface area contributed by atoms with Gasteiger partial charge in [0.25, 0.3) is 5.56 Å². The fraction of sp³-hybridized carbons (Fsp3) is 0.250. The van der Waals surface area contributed by atoms with E-state index in [0.717, 1.165) is 24.9 Å². The zero-order valence-electron chi connectivity index (χ0n) is 17.6. The zero-order chi connectivity index (χ0) is 22.1. The minimum absolute atomic E-state index is 0.0850. The number of nitrogens with zero attached hydrogens (tertiary/aromatic N) is 5. The quantitative estimate of drug-likeness (QED) is 0.334. The fourth-order valence-corrected chi connectivity index (χ4v) is 5.24. The van der Waals surface area contributed by atoms with Crippen LogP contribution in [-0.4, -0.2) is 42.3 Å². The largest absolute Gasteiger partial charge is 0.335 e. The Morgan fingerprint density at radius 1 is 1.12 bits per heavy atom. The lowest BCUT2D eigenvalue weighted by Gasteiger charge is -2.25. The first-order valence-corrected chi connectivity index (χ1v) is 11.6. The predicted octanol–water partition coefficient (Wildman–Crippen LogP) is 3.69. The molecule has 0 bridgehead atoms. The van der Waals surface area contributed by atoms with Crippen LogP contribution in [0.5, 0.6) is 0 Å². The molecule has 0 aliphatic carbocycles. The van der Waals surface area contributed by atoms with Crippen molar-refractivity contribution in [2.45, 2.75) is 30.6 Å². The second-order valence-electron chi connectivity index (χ2n) is 7.78. The van der Waals surface area contributed by atoms with E-state index in [0.29, 0.717) is 22.9 Å². The highest BCUT2D eigenvalue weighted by atomic mass is 32.2. The number of hydrogen-bond donors (Lipinski definition) is 0. The first kappa shape index (κ1) is 20.5. The van der Waals surface area contributed by atoms with E-state index in [1.165, 1.54) is 17.3 Å². The average molecular weight is 446 g/mol. The molecule has 1 aliphatic rings. The summed E-state index contributed by atoms with van der Waals surface area (Å²) in [6, 6.07) is 17.7. The second-order valence-corrected chi connectivity index (χ2v) is 8.73. The lowest BCUT2D eigenvalue weighted by molar-refractivity contribution is -0.129. The summed E-state index contributed by atoms with van der Waals surface area (Å²) in [6.07, 6.45) is 3.65. The highest BCUT2D eigenvalue weighted by molar-refractivity contribution is 7.99. The van der Waals surface area contributed by atoms with Crippen molar-refractivity contribution in [3.05, 3.63) is 83.2 Å². The summed E-state index contributed by atoms with van der Waals surface area (Å²) in [7, 11) is 0. The van der Waals surface area contributed by atoms with Gasteiger partial charge in [-0.05, 0) is 30.5 Å². The van der Waals surface area contributed by atoms with Crippen LogP contribution < -0.4 is 5.56 Å². The molecule has 1 atom stereocenters. The van der Waals surface area contributed by atoms with Crippen LogP contribution in [0.25, 0.3) is 16.7 Å². The van der Waals surface area contributed by atoms with E-state index in [4.69, 9.17) is 0 Å². The Bertz CT molecular complexity index is 1360. The average Bonchev–Trinajstić information content (AvgIpc) is 3.48. The predicted molar refractivity (Wildman–Crippen MR) is 126 cm³/mol. The first-order valence-electron chi connectivity index (χ1n) is 10.6. The van der Waals surface area contributed by atoms with Crippen molar-refractivity contribution in [2.24, 2.45) is 0 Å². The molecule has 32 heavy (non-hydrogen) atoms. The van der Waals surface area contributed by atoms with Gasteiger partial charge in [0.15, 0.2) is 5.16 Å². The molecule has 2 aromatic carbocycles. The summed E-state index contributed by atoms with van der Waals surface area (Å²) < 4.78 is 3.41. The van der Waals surface area contributed by atoms with Gasteiger partial charge >= 0.3 is 0 Å². The van der Waals surface area contributed by atoms with Crippen LogP contribution >= 0.6 is 11.8 Å². The number of thioether (sulfide) groups is 1. The van der Waals surface area contributed by atoms with Gasteiger partial charge in [-0.1, -0.05) is 60.3 Å². The molecule has 162 valence electrons. The Morgan fingerprint density at radius 3 is 2.72 bits per heavy atom. The topological polar surface area (TPSA) is 72.5 Å². The maximum Gasteiger partial charge on any atom is 0.263 e. The molecule has 1 saturated heterocycles. The van der Waals surface area contributed by atoms with Gasteiger partial charge in [-0.15, -0.1) is 16.8 Å². The number of likely N-dealkylation sites (tertiary alicyclic amines) is 1. The van der Waals surface area contributed by atoms with Crippen LogP contribution in [-0.2, 0) is 11.3 Å². The second kappa shape index (κ2) is 8.63. The monoisotopic (exact) mass is 445 g/mol. The van der Waals surface area contributed by atoms with Gasteiger partial charge in [0.1, 0.15) is 0 Å². The van der Waals surface area contributed by atoms with Gasteiger partial charge in [0.2, 0.25) is 11.7 Å². The molecule has 3 heterocycles. The standard InChI is InChI=1S/C24H23N5O2S/c1-2-14-28-22(31)18-11-6-7-12-20(18)29-23(28)25-26-24(29)32-16-21(30)27-15-8-13-19(27)17-9-4-3-5-10-17/h2-7,9-12,19H,1,8,13-16H2. The molecule has 0 radical (unpaired) electrons. The molecule has 8 heteroatoms. The number of para-hydroxylation sites is 1. The smallest absolute Gasteiger partial charge is 0.263 e. The number of allylic oxidation sites excluding steroid dienone is 1. The van der Waals surface area contributed by atoms with E-state index in [-0.39, 0.29) is 23.3 Å². The van der Waals surface area contributed by atoms with E-state index in [2.05, 4.69) is 28.9 Å². The summed E-state index contributed by atoms with van der Waals surface area (Å²) in [6.45, 7) is 4.85. The third-order valence-electron chi connectivity index (χ3n) is 5.87. The highest BCUT2D eigenvalue weighted by Gasteiger charge is 2.30.